The van der Waals surface area contributed by atoms with Crippen molar-refractivity contribution in [3.05, 3.63) is 29.8 Å². The molecule has 8 heteroatoms. The first-order valence-corrected chi connectivity index (χ1v) is 4.27. The van der Waals surface area contributed by atoms with E-state index in [2.05, 4.69) is 0 Å². The Balaban J connectivity index is 3.13. The standard InChI is InChI=1S/C9H7F4NO3/c10-7(5-1-3-6(15)4-2-5)9(11,8(16)17)14(12)13/h1-4,7,15H,(H,16,17)/t7?,9-/m0/s1. The monoisotopic (exact) mass is 253 g/mol. The van der Waals surface area contributed by atoms with Gasteiger partial charge in [0, 0.05) is 0 Å². The van der Waals surface area contributed by atoms with E-state index in [0.717, 1.165) is 24.3 Å². The summed E-state index contributed by atoms with van der Waals surface area (Å²) in [6.07, 6.45) is -3.10. The van der Waals surface area contributed by atoms with Crippen LogP contribution >= 0.6 is 0 Å². The predicted octanol–water partition coefficient (Wildman–Crippen LogP) is 2.22. The van der Waals surface area contributed by atoms with Crippen LogP contribution in [0.2, 0.25) is 0 Å². The van der Waals surface area contributed by atoms with Gasteiger partial charge in [0.2, 0.25) is 0 Å². The lowest BCUT2D eigenvalue weighted by molar-refractivity contribution is -0.294. The van der Waals surface area contributed by atoms with Crippen LogP contribution in [0.25, 0.3) is 0 Å². The number of phenolic OH excluding ortho intramolecular Hbond substituents is 1. The molecule has 0 spiro atoms. The van der Waals surface area contributed by atoms with Crippen LogP contribution in [-0.2, 0) is 4.79 Å². The molecule has 0 bridgehead atoms. The molecule has 1 aromatic rings. The van der Waals surface area contributed by atoms with Gasteiger partial charge in [0.05, 0.1) is 5.34 Å². The molecule has 1 aromatic carbocycles. The Morgan fingerprint density at radius 3 is 2.12 bits per heavy atom. The second kappa shape index (κ2) is 4.58. The van der Waals surface area contributed by atoms with Crippen molar-refractivity contribution in [3.8, 4) is 5.75 Å². The first kappa shape index (κ1) is 13.2. The second-order valence-electron chi connectivity index (χ2n) is 3.17. The molecule has 0 aliphatic heterocycles. The normalized spacial score (nSPS) is 16.5. The van der Waals surface area contributed by atoms with Crippen LogP contribution in [0.4, 0.5) is 17.7 Å². The minimum atomic E-state index is -4.48. The van der Waals surface area contributed by atoms with Crippen LogP contribution in [0.3, 0.4) is 0 Å². The SMILES string of the molecule is O=C(O)[C@](F)(C(F)c1ccc(O)cc1)N(F)F. The highest BCUT2D eigenvalue weighted by atomic mass is 19.4. The molecule has 0 saturated carbocycles. The summed E-state index contributed by atoms with van der Waals surface area (Å²) in [6, 6.07) is 3.46. The number of hydrogen-bond donors (Lipinski definition) is 2. The zero-order chi connectivity index (χ0) is 13.2. The summed E-state index contributed by atoms with van der Waals surface area (Å²) in [5.74, 6) is -7.42. The molecule has 1 unspecified atom stereocenters. The predicted molar refractivity (Wildman–Crippen MR) is 47.5 cm³/mol. The van der Waals surface area contributed by atoms with Crippen molar-refractivity contribution < 1.29 is 32.8 Å². The Labute approximate surface area is 92.6 Å². The second-order valence-corrected chi connectivity index (χ2v) is 3.17. The zero-order valence-corrected chi connectivity index (χ0v) is 8.15. The van der Waals surface area contributed by atoms with Crippen LogP contribution in [0.5, 0.6) is 5.75 Å². The van der Waals surface area contributed by atoms with Gasteiger partial charge in [-0.25, -0.2) is 13.6 Å². The van der Waals surface area contributed by atoms with Crippen LogP contribution < -0.4 is 0 Å². The fraction of sp³-hybridized carbons (Fsp3) is 0.222. The highest BCUT2D eigenvalue weighted by Crippen LogP contribution is 2.37. The molecule has 0 heterocycles. The topological polar surface area (TPSA) is 60.8 Å². The molecule has 0 amide bonds. The van der Waals surface area contributed by atoms with Gasteiger partial charge in [0.1, 0.15) is 5.75 Å². The van der Waals surface area contributed by atoms with Crippen LogP contribution in [0.1, 0.15) is 11.7 Å². The van der Waals surface area contributed by atoms with E-state index in [4.69, 9.17) is 10.2 Å². The zero-order valence-electron chi connectivity index (χ0n) is 8.15. The van der Waals surface area contributed by atoms with Crippen LogP contribution in [0.15, 0.2) is 24.3 Å². The number of carboxylic acid groups (broad SMARTS) is 1. The molecule has 0 radical (unpaired) electrons. The Kier molecular flexibility index (Phi) is 3.56. The molecule has 0 aromatic heterocycles. The van der Waals surface area contributed by atoms with Gasteiger partial charge in [-0.05, 0) is 17.7 Å². The van der Waals surface area contributed by atoms with E-state index in [1.165, 1.54) is 0 Å². The molecular formula is C9H7F4NO3. The number of nitrogens with zero attached hydrogens (tertiary/aromatic N) is 1. The average Bonchev–Trinajstić information content (AvgIpc) is 2.27. The van der Waals surface area contributed by atoms with Crippen molar-refractivity contribution in [2.24, 2.45) is 0 Å². The number of phenols is 1. The number of alkyl halides is 2. The third-order valence-corrected chi connectivity index (χ3v) is 2.07. The largest absolute Gasteiger partial charge is 0.508 e. The lowest BCUT2D eigenvalue weighted by atomic mass is 10.0. The Morgan fingerprint density at radius 2 is 1.76 bits per heavy atom. The van der Waals surface area contributed by atoms with Crippen molar-refractivity contribution in [3.63, 3.8) is 0 Å². The number of halogens is 4. The Morgan fingerprint density at radius 1 is 1.29 bits per heavy atom. The molecule has 2 atom stereocenters. The van der Waals surface area contributed by atoms with E-state index in [1.54, 1.807) is 0 Å². The maximum atomic E-state index is 13.5. The lowest BCUT2D eigenvalue weighted by Gasteiger charge is -2.23. The van der Waals surface area contributed by atoms with Crippen molar-refractivity contribution in [2.75, 3.05) is 0 Å². The van der Waals surface area contributed by atoms with Crippen molar-refractivity contribution in [1.82, 2.24) is 5.34 Å². The van der Waals surface area contributed by atoms with E-state index >= 15 is 0 Å². The number of carboxylic acids is 1. The Bertz CT molecular complexity index is 411. The molecule has 2 N–H and O–H groups in total. The van der Waals surface area contributed by atoms with E-state index in [1.807, 2.05) is 0 Å². The summed E-state index contributed by atoms with van der Waals surface area (Å²) in [6.45, 7) is 0. The first-order valence-electron chi connectivity index (χ1n) is 4.27. The van der Waals surface area contributed by atoms with E-state index < -0.39 is 28.8 Å². The molecule has 4 nitrogen and oxygen atoms in total. The summed E-state index contributed by atoms with van der Waals surface area (Å²) < 4.78 is 51.1. The van der Waals surface area contributed by atoms with Crippen LogP contribution in [0, 0.1) is 0 Å². The number of hydrogen-bond acceptors (Lipinski definition) is 3. The summed E-state index contributed by atoms with van der Waals surface area (Å²) in [5.41, 5.74) is -0.631. The molecule has 0 saturated heterocycles. The molecule has 0 aliphatic carbocycles. The number of aliphatic carboxylic acids is 1. The molecule has 0 aliphatic rings. The van der Waals surface area contributed by atoms with Crippen LogP contribution in [-0.4, -0.2) is 27.3 Å². The van der Waals surface area contributed by atoms with Gasteiger partial charge in [-0.3, -0.25) is 0 Å². The third kappa shape index (κ3) is 2.31. The number of carbonyl (C=O) groups is 1. The van der Waals surface area contributed by atoms with E-state index in [9.17, 15) is 22.5 Å². The number of aromatic hydroxyl groups is 1. The minimum absolute atomic E-state index is 0.293. The molecule has 94 valence electrons. The van der Waals surface area contributed by atoms with Gasteiger partial charge in [0.15, 0.2) is 6.17 Å². The minimum Gasteiger partial charge on any atom is -0.508 e. The maximum Gasteiger partial charge on any atom is 0.366 e. The van der Waals surface area contributed by atoms with E-state index in [-0.39, 0.29) is 5.75 Å². The molecule has 1 rings (SSSR count). The highest BCUT2D eigenvalue weighted by molar-refractivity contribution is 5.77. The average molecular weight is 253 g/mol. The van der Waals surface area contributed by atoms with Gasteiger partial charge in [-0.1, -0.05) is 21.1 Å². The van der Waals surface area contributed by atoms with Gasteiger partial charge in [0.25, 0.3) is 0 Å². The fourth-order valence-electron chi connectivity index (χ4n) is 1.13. The third-order valence-electron chi connectivity index (χ3n) is 2.07. The first-order chi connectivity index (χ1) is 7.80. The quantitative estimate of drug-likeness (QED) is 0.490. The summed E-state index contributed by atoms with van der Waals surface area (Å²) in [4.78, 5) is 10.4. The molecular weight excluding hydrogens is 246 g/mol. The summed E-state index contributed by atoms with van der Waals surface area (Å²) in [7, 11) is 0. The van der Waals surface area contributed by atoms with Crippen molar-refractivity contribution >= 4 is 5.97 Å². The van der Waals surface area contributed by atoms with Gasteiger partial charge in [-0.15, -0.1) is 0 Å². The smallest absolute Gasteiger partial charge is 0.366 e. The summed E-state index contributed by atoms with van der Waals surface area (Å²) >= 11 is 0. The number of benzene rings is 1. The molecule has 0 fully saturated rings. The van der Waals surface area contributed by atoms with Gasteiger partial charge >= 0.3 is 11.8 Å². The fourth-order valence-corrected chi connectivity index (χ4v) is 1.13. The van der Waals surface area contributed by atoms with Crippen molar-refractivity contribution in [1.29, 1.82) is 0 Å². The Hall–Kier alpha value is -1.83. The van der Waals surface area contributed by atoms with Crippen molar-refractivity contribution in [2.45, 2.75) is 12.0 Å². The van der Waals surface area contributed by atoms with E-state index in [0.29, 0.717) is 0 Å². The van der Waals surface area contributed by atoms with Gasteiger partial charge < -0.3 is 10.2 Å². The highest BCUT2D eigenvalue weighted by Gasteiger charge is 2.56. The summed E-state index contributed by atoms with van der Waals surface area (Å²) in [5, 5.41) is 14.8. The number of rotatable bonds is 4. The molecule has 17 heavy (non-hydrogen) atoms. The lowest BCUT2D eigenvalue weighted by Crippen LogP contribution is -2.47. The van der Waals surface area contributed by atoms with Gasteiger partial charge in [-0.2, -0.15) is 0 Å². The maximum absolute atomic E-state index is 13.5.